The number of rotatable bonds is 5. The molecule has 1 unspecified atom stereocenters. The highest BCUT2D eigenvalue weighted by Gasteiger charge is 2.13. The summed E-state index contributed by atoms with van der Waals surface area (Å²) in [4.78, 5) is 0. The third-order valence-electron chi connectivity index (χ3n) is 3.02. The van der Waals surface area contributed by atoms with Crippen LogP contribution < -0.4 is 11.3 Å². The summed E-state index contributed by atoms with van der Waals surface area (Å²) in [5, 5.41) is 5.98. The first kappa shape index (κ1) is 13.1. The Morgan fingerprint density at radius 2 is 2.00 bits per heavy atom. The first-order valence-electron chi connectivity index (χ1n) is 6.02. The predicted molar refractivity (Wildman–Crippen MR) is 74.2 cm³/mol. The van der Waals surface area contributed by atoms with Crippen LogP contribution in [-0.2, 0) is 6.42 Å². The Hall–Kier alpha value is -1.30. The van der Waals surface area contributed by atoms with Gasteiger partial charge in [-0.15, -0.1) is 5.10 Å². The Balaban J connectivity index is 2.08. The molecule has 0 fully saturated rings. The SMILES string of the molecule is CC(C)c1ccc(CC(NN)c2csnn2)cc1. The summed E-state index contributed by atoms with van der Waals surface area (Å²) in [6, 6.07) is 8.67. The molecule has 96 valence electrons. The summed E-state index contributed by atoms with van der Waals surface area (Å²) < 4.78 is 3.87. The normalized spacial score (nSPS) is 12.9. The molecule has 0 aliphatic heterocycles. The zero-order valence-corrected chi connectivity index (χ0v) is 11.4. The maximum Gasteiger partial charge on any atom is 0.0941 e. The smallest absolute Gasteiger partial charge is 0.0941 e. The van der Waals surface area contributed by atoms with Gasteiger partial charge in [0.15, 0.2) is 0 Å². The lowest BCUT2D eigenvalue weighted by Gasteiger charge is -2.13. The molecule has 3 N–H and O–H groups in total. The molecule has 18 heavy (non-hydrogen) atoms. The summed E-state index contributed by atoms with van der Waals surface area (Å²) in [7, 11) is 0. The first-order chi connectivity index (χ1) is 8.70. The van der Waals surface area contributed by atoms with E-state index in [2.05, 4.69) is 53.1 Å². The van der Waals surface area contributed by atoms with Crippen molar-refractivity contribution in [2.45, 2.75) is 32.2 Å². The van der Waals surface area contributed by atoms with E-state index in [0.29, 0.717) is 5.92 Å². The van der Waals surface area contributed by atoms with Crippen LogP contribution in [0.25, 0.3) is 0 Å². The van der Waals surface area contributed by atoms with Gasteiger partial charge >= 0.3 is 0 Å². The first-order valence-corrected chi connectivity index (χ1v) is 6.86. The highest BCUT2D eigenvalue weighted by molar-refractivity contribution is 7.03. The second kappa shape index (κ2) is 6.04. The van der Waals surface area contributed by atoms with Crippen molar-refractivity contribution in [1.29, 1.82) is 0 Å². The fourth-order valence-corrected chi connectivity index (χ4v) is 2.35. The molecule has 0 aliphatic rings. The molecule has 5 heteroatoms. The lowest BCUT2D eigenvalue weighted by molar-refractivity contribution is 0.537. The molecule has 1 atom stereocenters. The van der Waals surface area contributed by atoms with Crippen molar-refractivity contribution in [1.82, 2.24) is 15.0 Å². The van der Waals surface area contributed by atoms with Gasteiger partial charge in [-0.1, -0.05) is 42.6 Å². The van der Waals surface area contributed by atoms with Crippen LogP contribution in [0.1, 0.15) is 42.6 Å². The summed E-state index contributed by atoms with van der Waals surface area (Å²) >= 11 is 1.34. The van der Waals surface area contributed by atoms with Crippen LogP contribution in [0.3, 0.4) is 0 Å². The summed E-state index contributed by atoms with van der Waals surface area (Å²) in [6.07, 6.45) is 0.820. The molecule has 0 aliphatic carbocycles. The van der Waals surface area contributed by atoms with Crippen molar-refractivity contribution in [2.24, 2.45) is 5.84 Å². The number of aromatic nitrogens is 2. The highest BCUT2D eigenvalue weighted by atomic mass is 32.1. The van der Waals surface area contributed by atoms with Crippen LogP contribution >= 0.6 is 11.5 Å². The fraction of sp³-hybridized carbons (Fsp3) is 0.385. The number of hydrogen-bond donors (Lipinski definition) is 2. The molecule has 0 bridgehead atoms. The van der Waals surface area contributed by atoms with Crippen molar-refractivity contribution in [2.75, 3.05) is 0 Å². The fourth-order valence-electron chi connectivity index (χ4n) is 1.85. The second-order valence-corrected chi connectivity index (χ2v) is 5.26. The lowest BCUT2D eigenvalue weighted by atomic mass is 9.98. The topological polar surface area (TPSA) is 63.8 Å². The van der Waals surface area contributed by atoms with E-state index < -0.39 is 0 Å². The molecule has 0 amide bonds. The molecule has 2 rings (SSSR count). The number of hydrogen-bond acceptors (Lipinski definition) is 5. The third-order valence-corrected chi connectivity index (χ3v) is 3.54. The Kier molecular flexibility index (Phi) is 4.41. The molecule has 0 radical (unpaired) electrons. The molecule has 0 saturated heterocycles. The van der Waals surface area contributed by atoms with Crippen molar-refractivity contribution in [3.05, 3.63) is 46.5 Å². The largest absolute Gasteiger partial charge is 0.271 e. The zero-order chi connectivity index (χ0) is 13.0. The summed E-state index contributed by atoms with van der Waals surface area (Å²) in [5.41, 5.74) is 6.29. The van der Waals surface area contributed by atoms with Gasteiger partial charge in [0.2, 0.25) is 0 Å². The Morgan fingerprint density at radius 3 is 2.50 bits per heavy atom. The molecule has 1 aromatic carbocycles. The number of nitrogens with one attached hydrogen (secondary N) is 1. The summed E-state index contributed by atoms with van der Waals surface area (Å²) in [5.74, 6) is 6.14. The molecule has 2 aromatic rings. The van der Waals surface area contributed by atoms with Crippen LogP contribution in [0, 0.1) is 0 Å². The molecular weight excluding hydrogens is 244 g/mol. The monoisotopic (exact) mass is 262 g/mol. The van der Waals surface area contributed by atoms with Crippen LogP contribution in [0.5, 0.6) is 0 Å². The van der Waals surface area contributed by atoms with Gasteiger partial charge in [0.05, 0.1) is 11.7 Å². The van der Waals surface area contributed by atoms with Gasteiger partial charge in [-0.05, 0) is 35.0 Å². The van der Waals surface area contributed by atoms with Crippen molar-refractivity contribution < 1.29 is 0 Å². The van der Waals surface area contributed by atoms with Crippen LogP contribution in [-0.4, -0.2) is 9.59 Å². The van der Waals surface area contributed by atoms with Gasteiger partial charge < -0.3 is 0 Å². The number of nitrogens with zero attached hydrogens (tertiary/aromatic N) is 2. The number of nitrogens with two attached hydrogens (primary N) is 1. The van der Waals surface area contributed by atoms with Crippen molar-refractivity contribution in [3.63, 3.8) is 0 Å². The van der Waals surface area contributed by atoms with E-state index in [1.165, 1.54) is 22.7 Å². The molecule has 0 saturated carbocycles. The minimum absolute atomic E-state index is 0.0219. The van der Waals surface area contributed by atoms with Gasteiger partial charge in [-0.3, -0.25) is 11.3 Å². The Bertz CT molecular complexity index is 464. The van der Waals surface area contributed by atoms with E-state index in [1.54, 1.807) is 0 Å². The van der Waals surface area contributed by atoms with E-state index in [9.17, 15) is 0 Å². The number of hydrazine groups is 1. The highest BCUT2D eigenvalue weighted by Crippen LogP contribution is 2.19. The van der Waals surface area contributed by atoms with Gasteiger partial charge in [0.1, 0.15) is 0 Å². The molecule has 1 heterocycles. The van der Waals surface area contributed by atoms with Gasteiger partial charge in [-0.2, -0.15) is 0 Å². The molecule has 0 spiro atoms. The van der Waals surface area contributed by atoms with Crippen molar-refractivity contribution in [3.8, 4) is 0 Å². The standard InChI is InChI=1S/C13H18N4S/c1-9(2)11-5-3-10(4-6-11)7-12(15-14)13-8-18-17-16-13/h3-6,8-9,12,15H,7,14H2,1-2H3. The van der Waals surface area contributed by atoms with Crippen LogP contribution in [0.4, 0.5) is 0 Å². The van der Waals surface area contributed by atoms with Crippen LogP contribution in [0.2, 0.25) is 0 Å². The van der Waals surface area contributed by atoms with E-state index in [-0.39, 0.29) is 6.04 Å². The maximum absolute atomic E-state index is 5.58. The predicted octanol–water partition coefficient (Wildman–Crippen LogP) is 2.41. The zero-order valence-electron chi connectivity index (χ0n) is 10.6. The quantitative estimate of drug-likeness (QED) is 0.641. The Morgan fingerprint density at radius 1 is 1.28 bits per heavy atom. The Labute approximate surface area is 111 Å². The van der Waals surface area contributed by atoms with E-state index >= 15 is 0 Å². The molecule has 4 nitrogen and oxygen atoms in total. The molecule has 1 aromatic heterocycles. The lowest BCUT2D eigenvalue weighted by Crippen LogP contribution is -2.29. The maximum atomic E-state index is 5.58. The minimum atomic E-state index is 0.0219. The van der Waals surface area contributed by atoms with Crippen molar-refractivity contribution >= 4 is 11.5 Å². The minimum Gasteiger partial charge on any atom is -0.271 e. The average Bonchev–Trinajstić information content (AvgIpc) is 2.90. The van der Waals surface area contributed by atoms with Crippen LogP contribution in [0.15, 0.2) is 29.6 Å². The number of benzene rings is 1. The van der Waals surface area contributed by atoms with E-state index in [1.807, 2.05) is 5.38 Å². The third kappa shape index (κ3) is 3.13. The average molecular weight is 262 g/mol. The van der Waals surface area contributed by atoms with Gasteiger partial charge in [0, 0.05) is 5.38 Å². The van der Waals surface area contributed by atoms with E-state index in [0.717, 1.165) is 12.1 Å². The van der Waals surface area contributed by atoms with Gasteiger partial charge in [-0.25, -0.2) is 0 Å². The van der Waals surface area contributed by atoms with E-state index in [4.69, 9.17) is 5.84 Å². The molecular formula is C13H18N4S. The second-order valence-electron chi connectivity index (χ2n) is 4.65. The van der Waals surface area contributed by atoms with Gasteiger partial charge in [0.25, 0.3) is 0 Å². The summed E-state index contributed by atoms with van der Waals surface area (Å²) in [6.45, 7) is 4.39.